The summed E-state index contributed by atoms with van der Waals surface area (Å²) in [5, 5.41) is 5.20. The van der Waals surface area contributed by atoms with Gasteiger partial charge in [-0.3, -0.25) is 9.59 Å². The SMILES string of the molecule is CCCC(NC(=O)c1c(C)oc2nc[nH]c(=O)c12)c1cccs1. The molecule has 0 fully saturated rings. The van der Waals surface area contributed by atoms with Gasteiger partial charge in [0.15, 0.2) is 0 Å². The van der Waals surface area contributed by atoms with Gasteiger partial charge in [0.05, 0.1) is 17.9 Å². The normalized spacial score (nSPS) is 12.4. The molecule has 0 spiro atoms. The van der Waals surface area contributed by atoms with Crippen molar-refractivity contribution < 1.29 is 9.21 Å². The largest absolute Gasteiger partial charge is 0.442 e. The van der Waals surface area contributed by atoms with Crippen molar-refractivity contribution in [2.75, 3.05) is 0 Å². The number of nitrogens with one attached hydrogen (secondary N) is 2. The molecule has 120 valence electrons. The van der Waals surface area contributed by atoms with Crippen LogP contribution < -0.4 is 10.9 Å². The molecule has 3 heterocycles. The highest BCUT2D eigenvalue weighted by atomic mass is 32.1. The Kier molecular flexibility index (Phi) is 4.29. The first-order chi connectivity index (χ1) is 11.1. The van der Waals surface area contributed by atoms with Gasteiger partial charge in [0.25, 0.3) is 11.5 Å². The maximum absolute atomic E-state index is 12.7. The fourth-order valence-electron chi connectivity index (χ4n) is 2.62. The van der Waals surface area contributed by atoms with Crippen LogP contribution in [0.2, 0.25) is 0 Å². The Morgan fingerprint density at radius 2 is 2.35 bits per heavy atom. The van der Waals surface area contributed by atoms with Gasteiger partial charge < -0.3 is 14.7 Å². The number of carbonyl (C=O) groups excluding carboxylic acids is 1. The van der Waals surface area contributed by atoms with E-state index in [1.54, 1.807) is 18.3 Å². The molecule has 2 N–H and O–H groups in total. The van der Waals surface area contributed by atoms with Crippen LogP contribution in [0.1, 0.15) is 46.8 Å². The van der Waals surface area contributed by atoms with Crippen LogP contribution in [0.15, 0.2) is 33.1 Å². The number of fused-ring (bicyclic) bond motifs is 1. The number of hydrogen-bond donors (Lipinski definition) is 2. The molecule has 1 amide bonds. The minimum absolute atomic E-state index is 0.0763. The molecule has 23 heavy (non-hydrogen) atoms. The van der Waals surface area contributed by atoms with Gasteiger partial charge in [-0.2, -0.15) is 0 Å². The van der Waals surface area contributed by atoms with Crippen molar-refractivity contribution >= 4 is 28.3 Å². The lowest BCUT2D eigenvalue weighted by Gasteiger charge is -2.16. The Bertz CT molecular complexity index is 880. The van der Waals surface area contributed by atoms with Crippen molar-refractivity contribution in [2.24, 2.45) is 0 Å². The zero-order chi connectivity index (χ0) is 16.4. The summed E-state index contributed by atoms with van der Waals surface area (Å²) >= 11 is 1.60. The van der Waals surface area contributed by atoms with Crippen LogP contribution >= 0.6 is 11.3 Å². The molecule has 7 heteroatoms. The van der Waals surface area contributed by atoms with Gasteiger partial charge in [0.2, 0.25) is 5.71 Å². The van der Waals surface area contributed by atoms with Gasteiger partial charge in [-0.05, 0) is 24.8 Å². The molecular weight excluding hydrogens is 314 g/mol. The third-order valence-corrected chi connectivity index (χ3v) is 4.65. The van der Waals surface area contributed by atoms with Crippen LogP contribution in [0.3, 0.4) is 0 Å². The molecule has 3 aromatic heterocycles. The van der Waals surface area contributed by atoms with Crippen LogP contribution in [-0.2, 0) is 0 Å². The lowest BCUT2D eigenvalue weighted by Crippen LogP contribution is -2.29. The van der Waals surface area contributed by atoms with E-state index in [1.165, 1.54) is 6.33 Å². The van der Waals surface area contributed by atoms with Crippen LogP contribution in [-0.4, -0.2) is 15.9 Å². The molecule has 0 aliphatic carbocycles. The molecule has 1 atom stereocenters. The molecule has 0 aromatic carbocycles. The lowest BCUT2D eigenvalue weighted by atomic mass is 10.1. The van der Waals surface area contributed by atoms with E-state index in [0.29, 0.717) is 5.76 Å². The van der Waals surface area contributed by atoms with Crippen molar-refractivity contribution in [3.05, 3.63) is 50.4 Å². The molecular formula is C16H17N3O3S. The number of thiophene rings is 1. The predicted octanol–water partition coefficient (Wildman–Crippen LogP) is 3.16. The van der Waals surface area contributed by atoms with Crippen LogP contribution in [0.4, 0.5) is 0 Å². The Morgan fingerprint density at radius 3 is 3.04 bits per heavy atom. The minimum atomic E-state index is -0.375. The number of aromatic nitrogens is 2. The molecule has 0 bridgehead atoms. The van der Waals surface area contributed by atoms with Crippen molar-refractivity contribution in [3.63, 3.8) is 0 Å². The fraction of sp³-hybridized carbons (Fsp3) is 0.312. The molecule has 0 saturated heterocycles. The number of H-pyrrole nitrogens is 1. The Hall–Kier alpha value is -2.41. The van der Waals surface area contributed by atoms with Crippen LogP contribution in [0.25, 0.3) is 11.1 Å². The van der Waals surface area contributed by atoms with Gasteiger partial charge >= 0.3 is 0 Å². The quantitative estimate of drug-likeness (QED) is 0.751. The van der Waals surface area contributed by atoms with E-state index in [4.69, 9.17) is 4.42 Å². The number of furan rings is 1. The van der Waals surface area contributed by atoms with Gasteiger partial charge in [-0.25, -0.2) is 4.98 Å². The molecule has 6 nitrogen and oxygen atoms in total. The summed E-state index contributed by atoms with van der Waals surface area (Å²) in [4.78, 5) is 32.3. The van der Waals surface area contributed by atoms with Gasteiger partial charge in [0.1, 0.15) is 11.1 Å². The first kappa shape index (κ1) is 15.5. The molecule has 3 rings (SSSR count). The topological polar surface area (TPSA) is 88.0 Å². The lowest BCUT2D eigenvalue weighted by molar-refractivity contribution is 0.0935. The number of nitrogens with zero attached hydrogens (tertiary/aromatic N) is 1. The first-order valence-electron chi connectivity index (χ1n) is 7.42. The first-order valence-corrected chi connectivity index (χ1v) is 8.30. The average Bonchev–Trinajstić information content (AvgIpc) is 3.14. The molecule has 0 radical (unpaired) electrons. The summed E-state index contributed by atoms with van der Waals surface area (Å²) in [5.74, 6) is 0.0785. The van der Waals surface area contributed by atoms with E-state index in [1.807, 2.05) is 17.5 Å². The second kappa shape index (κ2) is 6.37. The second-order valence-corrected chi connectivity index (χ2v) is 6.25. The molecule has 1 unspecified atom stereocenters. The molecule has 0 saturated carbocycles. The predicted molar refractivity (Wildman–Crippen MR) is 88.8 cm³/mol. The average molecular weight is 331 g/mol. The number of carbonyl (C=O) groups is 1. The Balaban J connectivity index is 1.97. The summed E-state index contributed by atoms with van der Waals surface area (Å²) in [6.45, 7) is 3.73. The second-order valence-electron chi connectivity index (χ2n) is 5.28. The number of amides is 1. The van der Waals surface area contributed by atoms with E-state index >= 15 is 0 Å². The monoisotopic (exact) mass is 331 g/mol. The van der Waals surface area contributed by atoms with E-state index in [0.717, 1.165) is 17.7 Å². The molecule has 0 aliphatic heterocycles. The van der Waals surface area contributed by atoms with Crippen molar-refractivity contribution in [2.45, 2.75) is 32.7 Å². The fourth-order valence-corrected chi connectivity index (χ4v) is 3.43. The number of hydrogen-bond acceptors (Lipinski definition) is 5. The van der Waals surface area contributed by atoms with Gasteiger partial charge in [-0.15, -0.1) is 11.3 Å². The minimum Gasteiger partial charge on any atom is -0.442 e. The van der Waals surface area contributed by atoms with Crippen LogP contribution in [0, 0.1) is 6.92 Å². The third kappa shape index (κ3) is 2.92. The highest BCUT2D eigenvalue weighted by molar-refractivity contribution is 7.10. The third-order valence-electron chi connectivity index (χ3n) is 3.67. The smallest absolute Gasteiger partial charge is 0.262 e. The van der Waals surface area contributed by atoms with Crippen molar-refractivity contribution in [3.8, 4) is 0 Å². The summed E-state index contributed by atoms with van der Waals surface area (Å²) in [7, 11) is 0. The highest BCUT2D eigenvalue weighted by Crippen LogP contribution is 2.26. The standard InChI is InChI=1S/C16H17N3O3S/c1-3-5-10(11-6-4-7-23-11)19-15(21)12-9(2)22-16-13(12)14(20)17-8-18-16/h4,6-8,10H,3,5H2,1-2H3,(H,19,21)(H,17,18,20). The van der Waals surface area contributed by atoms with Crippen molar-refractivity contribution in [1.82, 2.24) is 15.3 Å². The zero-order valence-corrected chi connectivity index (χ0v) is 13.7. The number of aryl methyl sites for hydroxylation is 1. The summed E-state index contributed by atoms with van der Waals surface area (Å²) in [5.41, 5.74) is 0.0618. The van der Waals surface area contributed by atoms with Crippen molar-refractivity contribution in [1.29, 1.82) is 0 Å². The van der Waals surface area contributed by atoms with E-state index < -0.39 is 0 Å². The van der Waals surface area contributed by atoms with Crippen LogP contribution in [0.5, 0.6) is 0 Å². The van der Waals surface area contributed by atoms with E-state index in [2.05, 4.69) is 22.2 Å². The summed E-state index contributed by atoms with van der Waals surface area (Å²) < 4.78 is 5.44. The zero-order valence-electron chi connectivity index (χ0n) is 12.9. The molecule has 0 aliphatic rings. The Labute approximate surface area is 136 Å². The van der Waals surface area contributed by atoms with E-state index in [-0.39, 0.29) is 34.2 Å². The maximum Gasteiger partial charge on any atom is 0.262 e. The van der Waals surface area contributed by atoms with Gasteiger partial charge in [0, 0.05) is 4.88 Å². The number of rotatable bonds is 5. The Morgan fingerprint density at radius 1 is 1.52 bits per heavy atom. The maximum atomic E-state index is 12.7. The highest BCUT2D eigenvalue weighted by Gasteiger charge is 2.24. The summed E-state index contributed by atoms with van der Waals surface area (Å²) in [6, 6.07) is 3.88. The van der Waals surface area contributed by atoms with Gasteiger partial charge in [-0.1, -0.05) is 19.4 Å². The number of aromatic amines is 1. The molecule has 3 aromatic rings. The van der Waals surface area contributed by atoms with E-state index in [9.17, 15) is 9.59 Å². The summed E-state index contributed by atoms with van der Waals surface area (Å²) in [6.07, 6.45) is 3.03.